The molecule has 0 spiro atoms. The fourth-order valence-corrected chi connectivity index (χ4v) is 3.03. The van der Waals surface area contributed by atoms with Gasteiger partial charge in [0.1, 0.15) is 0 Å². The SMILES string of the molecule is Cc1nc([C@H]2COCCN2C(=O)CC2CC2)cs1. The minimum absolute atomic E-state index is 0.0231. The molecule has 1 aliphatic carbocycles. The van der Waals surface area contributed by atoms with Crippen LogP contribution < -0.4 is 0 Å². The van der Waals surface area contributed by atoms with Crippen LogP contribution in [0, 0.1) is 12.8 Å². The normalized spacial score (nSPS) is 24.3. The molecule has 1 aliphatic heterocycles. The maximum absolute atomic E-state index is 12.3. The van der Waals surface area contributed by atoms with Crippen molar-refractivity contribution in [1.82, 2.24) is 9.88 Å². The smallest absolute Gasteiger partial charge is 0.223 e. The maximum atomic E-state index is 12.3. The van der Waals surface area contributed by atoms with E-state index in [1.165, 1.54) is 12.8 Å². The molecule has 3 rings (SSSR count). The molecule has 1 aromatic heterocycles. The van der Waals surface area contributed by atoms with Crippen LogP contribution in [0.2, 0.25) is 0 Å². The second-order valence-electron chi connectivity index (χ2n) is 5.12. The summed E-state index contributed by atoms with van der Waals surface area (Å²) in [5, 5.41) is 3.09. The molecule has 0 unspecified atom stereocenters. The zero-order valence-corrected chi connectivity index (χ0v) is 11.4. The van der Waals surface area contributed by atoms with E-state index in [0.717, 1.165) is 10.7 Å². The van der Waals surface area contributed by atoms with Gasteiger partial charge in [-0.05, 0) is 25.7 Å². The second kappa shape index (κ2) is 4.97. The number of amides is 1. The third kappa shape index (κ3) is 2.57. The minimum atomic E-state index is 0.0231. The van der Waals surface area contributed by atoms with Crippen molar-refractivity contribution >= 4 is 17.2 Å². The van der Waals surface area contributed by atoms with Crippen molar-refractivity contribution in [2.24, 2.45) is 5.92 Å². The highest BCUT2D eigenvalue weighted by molar-refractivity contribution is 7.09. The van der Waals surface area contributed by atoms with Crippen LogP contribution in [0.25, 0.3) is 0 Å². The van der Waals surface area contributed by atoms with E-state index in [4.69, 9.17) is 4.74 Å². The van der Waals surface area contributed by atoms with Gasteiger partial charge in [0.25, 0.3) is 0 Å². The molecule has 0 radical (unpaired) electrons. The zero-order valence-electron chi connectivity index (χ0n) is 10.6. The first-order chi connectivity index (χ1) is 8.74. The van der Waals surface area contributed by atoms with Gasteiger partial charge in [0, 0.05) is 18.3 Å². The summed E-state index contributed by atoms with van der Waals surface area (Å²) in [6.45, 7) is 3.93. The summed E-state index contributed by atoms with van der Waals surface area (Å²) in [6.07, 6.45) is 3.15. The Morgan fingerprint density at radius 3 is 3.11 bits per heavy atom. The Kier molecular flexibility index (Phi) is 3.35. The average molecular weight is 266 g/mol. The van der Waals surface area contributed by atoms with E-state index in [9.17, 15) is 4.79 Å². The number of ether oxygens (including phenoxy) is 1. The predicted molar refractivity (Wildman–Crippen MR) is 69.5 cm³/mol. The quantitative estimate of drug-likeness (QED) is 0.842. The fourth-order valence-electron chi connectivity index (χ4n) is 2.37. The van der Waals surface area contributed by atoms with Crippen LogP contribution in [0.4, 0.5) is 0 Å². The van der Waals surface area contributed by atoms with E-state index in [0.29, 0.717) is 32.1 Å². The van der Waals surface area contributed by atoms with Crippen LogP contribution in [0.15, 0.2) is 5.38 Å². The number of aromatic nitrogens is 1. The van der Waals surface area contributed by atoms with Crippen LogP contribution in [0.5, 0.6) is 0 Å². The highest BCUT2D eigenvalue weighted by atomic mass is 32.1. The molecule has 1 amide bonds. The summed E-state index contributed by atoms with van der Waals surface area (Å²) in [7, 11) is 0. The third-order valence-electron chi connectivity index (χ3n) is 3.59. The Bertz CT molecular complexity index is 442. The number of carbonyl (C=O) groups is 1. The van der Waals surface area contributed by atoms with Gasteiger partial charge in [-0.1, -0.05) is 0 Å². The standard InChI is InChI=1S/C13H18N2O2S/c1-9-14-11(8-18-9)12-7-17-5-4-15(12)13(16)6-10-2-3-10/h8,10,12H,2-7H2,1H3/t12-/m1/s1. The van der Waals surface area contributed by atoms with Crippen molar-refractivity contribution in [3.05, 3.63) is 16.1 Å². The monoisotopic (exact) mass is 266 g/mol. The lowest BCUT2D eigenvalue weighted by Gasteiger charge is -2.34. The lowest BCUT2D eigenvalue weighted by atomic mass is 10.1. The van der Waals surface area contributed by atoms with Crippen molar-refractivity contribution in [2.75, 3.05) is 19.8 Å². The molecular formula is C13H18N2O2S. The van der Waals surface area contributed by atoms with Crippen LogP contribution in [0.1, 0.15) is 36.0 Å². The van der Waals surface area contributed by atoms with Gasteiger partial charge in [0.15, 0.2) is 0 Å². The Hall–Kier alpha value is -0.940. The van der Waals surface area contributed by atoms with E-state index < -0.39 is 0 Å². The molecule has 2 fully saturated rings. The second-order valence-corrected chi connectivity index (χ2v) is 6.18. The summed E-state index contributed by atoms with van der Waals surface area (Å²) >= 11 is 1.63. The summed E-state index contributed by atoms with van der Waals surface area (Å²) in [6, 6.07) is 0.0231. The molecule has 2 heterocycles. The Labute approximate surface area is 111 Å². The number of hydrogen-bond donors (Lipinski definition) is 0. The van der Waals surface area contributed by atoms with Gasteiger partial charge in [-0.2, -0.15) is 0 Å². The zero-order chi connectivity index (χ0) is 12.5. The number of thiazole rings is 1. The first kappa shape index (κ1) is 12.1. The van der Waals surface area contributed by atoms with E-state index in [2.05, 4.69) is 4.98 Å². The number of carbonyl (C=O) groups excluding carboxylic acids is 1. The molecular weight excluding hydrogens is 248 g/mol. The molecule has 0 N–H and O–H groups in total. The van der Waals surface area contributed by atoms with Gasteiger partial charge in [-0.3, -0.25) is 4.79 Å². The molecule has 1 atom stereocenters. The van der Waals surface area contributed by atoms with Crippen LogP contribution in [-0.2, 0) is 9.53 Å². The number of aryl methyl sites for hydroxylation is 1. The Morgan fingerprint density at radius 1 is 1.61 bits per heavy atom. The van der Waals surface area contributed by atoms with Crippen LogP contribution >= 0.6 is 11.3 Å². The third-order valence-corrected chi connectivity index (χ3v) is 4.38. The summed E-state index contributed by atoms with van der Waals surface area (Å²) in [5.74, 6) is 0.912. The molecule has 18 heavy (non-hydrogen) atoms. The number of hydrogen-bond acceptors (Lipinski definition) is 4. The Morgan fingerprint density at radius 2 is 2.44 bits per heavy atom. The van der Waals surface area contributed by atoms with E-state index in [1.54, 1.807) is 11.3 Å². The first-order valence-corrected chi connectivity index (χ1v) is 7.41. The van der Waals surface area contributed by atoms with Crippen LogP contribution in [0.3, 0.4) is 0 Å². The van der Waals surface area contributed by atoms with E-state index in [-0.39, 0.29) is 11.9 Å². The topological polar surface area (TPSA) is 42.4 Å². The summed E-state index contributed by atoms with van der Waals surface area (Å²) < 4.78 is 5.52. The largest absolute Gasteiger partial charge is 0.377 e. The highest BCUT2D eigenvalue weighted by Gasteiger charge is 2.33. The number of rotatable bonds is 3. The first-order valence-electron chi connectivity index (χ1n) is 6.53. The summed E-state index contributed by atoms with van der Waals surface area (Å²) in [5.41, 5.74) is 0.987. The maximum Gasteiger partial charge on any atom is 0.223 e. The number of morpholine rings is 1. The van der Waals surface area contributed by atoms with Crippen molar-refractivity contribution in [2.45, 2.75) is 32.2 Å². The molecule has 1 aromatic rings. The molecule has 98 valence electrons. The number of nitrogens with zero attached hydrogens (tertiary/aromatic N) is 2. The molecule has 5 heteroatoms. The van der Waals surface area contributed by atoms with Gasteiger partial charge >= 0.3 is 0 Å². The average Bonchev–Trinajstić information content (AvgIpc) is 3.08. The predicted octanol–water partition coefficient (Wildman–Crippen LogP) is 2.15. The van der Waals surface area contributed by atoms with Crippen molar-refractivity contribution in [1.29, 1.82) is 0 Å². The molecule has 1 saturated carbocycles. The molecule has 2 aliphatic rings. The van der Waals surface area contributed by atoms with E-state index in [1.807, 2.05) is 17.2 Å². The molecule has 1 saturated heterocycles. The Balaban J connectivity index is 1.74. The van der Waals surface area contributed by atoms with Crippen molar-refractivity contribution in [3.63, 3.8) is 0 Å². The van der Waals surface area contributed by atoms with Gasteiger partial charge in [0.05, 0.1) is 30.0 Å². The van der Waals surface area contributed by atoms with E-state index >= 15 is 0 Å². The lowest BCUT2D eigenvalue weighted by molar-refractivity contribution is -0.140. The van der Waals surface area contributed by atoms with Crippen molar-refractivity contribution in [3.8, 4) is 0 Å². The van der Waals surface area contributed by atoms with Gasteiger partial charge in [0.2, 0.25) is 5.91 Å². The minimum Gasteiger partial charge on any atom is -0.377 e. The molecule has 0 bridgehead atoms. The highest BCUT2D eigenvalue weighted by Crippen LogP contribution is 2.34. The molecule has 4 nitrogen and oxygen atoms in total. The fraction of sp³-hybridized carbons (Fsp3) is 0.692. The summed E-state index contributed by atoms with van der Waals surface area (Å²) in [4.78, 5) is 18.8. The lowest BCUT2D eigenvalue weighted by Crippen LogP contribution is -2.43. The van der Waals surface area contributed by atoms with Crippen LogP contribution in [-0.4, -0.2) is 35.5 Å². The van der Waals surface area contributed by atoms with Crippen molar-refractivity contribution < 1.29 is 9.53 Å². The van der Waals surface area contributed by atoms with Gasteiger partial charge in [-0.25, -0.2) is 4.98 Å². The molecule has 0 aromatic carbocycles. The van der Waals surface area contributed by atoms with Gasteiger partial charge in [-0.15, -0.1) is 11.3 Å². The van der Waals surface area contributed by atoms with Gasteiger partial charge < -0.3 is 9.64 Å².